The van der Waals surface area contributed by atoms with Crippen molar-refractivity contribution >= 4 is 0 Å². The number of fused-ring (bicyclic) bond motifs is 2. The zero-order chi connectivity index (χ0) is 11.1. The highest BCUT2D eigenvalue weighted by Gasteiger charge is 2.40. The number of hydrogen-bond acceptors (Lipinski definition) is 1. The number of hydrogen-bond donors (Lipinski definition) is 1. The molecule has 0 saturated heterocycles. The Bertz CT molecular complexity index is 250. The van der Waals surface area contributed by atoms with Gasteiger partial charge in [-0.05, 0) is 62.2 Å². The first-order valence-electron chi connectivity index (χ1n) is 7.48. The lowest BCUT2D eigenvalue weighted by Crippen LogP contribution is -2.46. The third kappa shape index (κ3) is 2.03. The molecule has 0 aromatic heterocycles. The van der Waals surface area contributed by atoms with Gasteiger partial charge in [0.25, 0.3) is 0 Å². The van der Waals surface area contributed by atoms with Crippen LogP contribution in [0.3, 0.4) is 0 Å². The molecule has 0 radical (unpaired) electrons. The second-order valence-corrected chi connectivity index (χ2v) is 6.95. The summed E-state index contributed by atoms with van der Waals surface area (Å²) in [5, 5.41) is 4.02. The summed E-state index contributed by atoms with van der Waals surface area (Å²) in [4.78, 5) is 0. The summed E-state index contributed by atoms with van der Waals surface area (Å²) in [5.41, 5.74) is 0. The van der Waals surface area contributed by atoms with Crippen LogP contribution in [0.5, 0.6) is 0 Å². The first-order chi connectivity index (χ1) is 7.72. The van der Waals surface area contributed by atoms with E-state index in [1.807, 2.05) is 0 Å². The van der Waals surface area contributed by atoms with Gasteiger partial charge in [-0.25, -0.2) is 0 Å². The normalized spacial score (nSPS) is 52.1. The van der Waals surface area contributed by atoms with Gasteiger partial charge in [-0.1, -0.05) is 20.3 Å². The lowest BCUT2D eigenvalue weighted by molar-refractivity contribution is 0.194. The third-order valence-corrected chi connectivity index (χ3v) is 5.60. The Hall–Kier alpha value is -0.0400. The molecule has 3 saturated carbocycles. The average molecular weight is 221 g/mol. The fraction of sp³-hybridized carbons (Fsp3) is 1.00. The van der Waals surface area contributed by atoms with Crippen LogP contribution in [0.2, 0.25) is 0 Å². The van der Waals surface area contributed by atoms with Gasteiger partial charge in [0.1, 0.15) is 0 Å². The molecule has 6 atom stereocenters. The molecular weight excluding hydrogens is 194 g/mol. The predicted molar refractivity (Wildman–Crippen MR) is 68.3 cm³/mol. The van der Waals surface area contributed by atoms with Crippen molar-refractivity contribution in [2.45, 2.75) is 70.9 Å². The maximum atomic E-state index is 4.02. The minimum Gasteiger partial charge on any atom is -0.311 e. The van der Waals surface area contributed by atoms with E-state index in [1.165, 1.54) is 44.9 Å². The molecule has 0 amide bonds. The van der Waals surface area contributed by atoms with Crippen LogP contribution in [-0.2, 0) is 0 Å². The monoisotopic (exact) mass is 221 g/mol. The van der Waals surface area contributed by atoms with Gasteiger partial charge < -0.3 is 5.32 Å². The second-order valence-electron chi connectivity index (χ2n) is 6.95. The van der Waals surface area contributed by atoms with Gasteiger partial charge in [0, 0.05) is 12.1 Å². The molecule has 0 spiro atoms. The minimum atomic E-state index is 0.834. The summed E-state index contributed by atoms with van der Waals surface area (Å²) in [6, 6.07) is 1.72. The van der Waals surface area contributed by atoms with Crippen molar-refractivity contribution in [2.24, 2.45) is 23.7 Å². The van der Waals surface area contributed by atoms with Gasteiger partial charge in [-0.15, -0.1) is 0 Å². The first kappa shape index (κ1) is 11.1. The highest BCUT2D eigenvalue weighted by atomic mass is 15.0. The van der Waals surface area contributed by atoms with Gasteiger partial charge in [0.2, 0.25) is 0 Å². The highest BCUT2D eigenvalue weighted by molar-refractivity contribution is 4.96. The quantitative estimate of drug-likeness (QED) is 0.751. The molecular formula is C15H27N. The van der Waals surface area contributed by atoms with Crippen LogP contribution in [0.25, 0.3) is 0 Å². The van der Waals surface area contributed by atoms with Crippen LogP contribution in [-0.4, -0.2) is 12.1 Å². The van der Waals surface area contributed by atoms with E-state index in [0.29, 0.717) is 0 Å². The minimum absolute atomic E-state index is 0.834. The van der Waals surface area contributed by atoms with Crippen molar-refractivity contribution in [1.29, 1.82) is 0 Å². The molecule has 2 bridgehead atoms. The van der Waals surface area contributed by atoms with Crippen molar-refractivity contribution < 1.29 is 0 Å². The lowest BCUT2D eigenvalue weighted by atomic mass is 9.79. The van der Waals surface area contributed by atoms with Crippen LogP contribution >= 0.6 is 0 Å². The first-order valence-corrected chi connectivity index (χ1v) is 7.48. The van der Waals surface area contributed by atoms with Crippen molar-refractivity contribution in [3.05, 3.63) is 0 Å². The van der Waals surface area contributed by atoms with Crippen LogP contribution in [0.1, 0.15) is 58.8 Å². The Balaban J connectivity index is 1.55. The summed E-state index contributed by atoms with van der Waals surface area (Å²) in [5.74, 6) is 3.99. The van der Waals surface area contributed by atoms with E-state index in [2.05, 4.69) is 19.2 Å². The molecule has 0 aromatic rings. The van der Waals surface area contributed by atoms with E-state index >= 15 is 0 Å². The maximum Gasteiger partial charge on any atom is 0.0101 e. The van der Waals surface area contributed by atoms with Gasteiger partial charge >= 0.3 is 0 Å². The van der Waals surface area contributed by atoms with Gasteiger partial charge in [0.05, 0.1) is 0 Å². The van der Waals surface area contributed by atoms with E-state index in [4.69, 9.17) is 0 Å². The summed E-state index contributed by atoms with van der Waals surface area (Å²) < 4.78 is 0. The molecule has 0 heterocycles. The fourth-order valence-corrected chi connectivity index (χ4v) is 4.64. The molecule has 3 aliphatic carbocycles. The maximum absolute atomic E-state index is 4.02. The van der Waals surface area contributed by atoms with Crippen molar-refractivity contribution in [1.82, 2.24) is 5.32 Å². The largest absolute Gasteiger partial charge is 0.311 e. The standard InChI is InChI=1S/C15H27N/c1-10-3-6-14(11(2)7-10)16-15-9-12-4-5-13(15)8-12/h10-16H,3-9H2,1-2H3. The zero-order valence-corrected chi connectivity index (χ0v) is 10.9. The third-order valence-electron chi connectivity index (χ3n) is 5.60. The fourth-order valence-electron chi connectivity index (χ4n) is 4.64. The van der Waals surface area contributed by atoms with Gasteiger partial charge in [0.15, 0.2) is 0 Å². The van der Waals surface area contributed by atoms with E-state index in [-0.39, 0.29) is 0 Å². The van der Waals surface area contributed by atoms with Crippen molar-refractivity contribution in [2.75, 3.05) is 0 Å². The van der Waals surface area contributed by atoms with Crippen LogP contribution < -0.4 is 5.32 Å². The smallest absolute Gasteiger partial charge is 0.0101 e. The molecule has 1 nitrogen and oxygen atoms in total. The van der Waals surface area contributed by atoms with Crippen molar-refractivity contribution in [3.63, 3.8) is 0 Å². The van der Waals surface area contributed by atoms with E-state index in [0.717, 1.165) is 35.8 Å². The summed E-state index contributed by atoms with van der Waals surface area (Å²) >= 11 is 0. The molecule has 3 fully saturated rings. The molecule has 3 aliphatic rings. The van der Waals surface area contributed by atoms with Gasteiger partial charge in [-0.3, -0.25) is 0 Å². The molecule has 0 aliphatic heterocycles. The molecule has 1 N–H and O–H groups in total. The predicted octanol–water partition coefficient (Wildman–Crippen LogP) is 3.59. The van der Waals surface area contributed by atoms with E-state index in [9.17, 15) is 0 Å². The summed E-state index contributed by atoms with van der Waals surface area (Å²) in [7, 11) is 0. The molecule has 92 valence electrons. The Labute approximate surface area is 100 Å². The Morgan fingerprint density at radius 1 is 0.812 bits per heavy atom. The van der Waals surface area contributed by atoms with Crippen LogP contribution in [0, 0.1) is 23.7 Å². The molecule has 16 heavy (non-hydrogen) atoms. The number of nitrogens with one attached hydrogen (secondary N) is 1. The Morgan fingerprint density at radius 3 is 2.31 bits per heavy atom. The van der Waals surface area contributed by atoms with Gasteiger partial charge in [-0.2, -0.15) is 0 Å². The van der Waals surface area contributed by atoms with E-state index < -0.39 is 0 Å². The SMILES string of the molecule is CC1CCC(NC2CC3CCC2C3)C(C)C1. The Kier molecular flexibility index (Phi) is 2.99. The molecule has 0 aromatic carbocycles. The zero-order valence-electron chi connectivity index (χ0n) is 10.9. The van der Waals surface area contributed by atoms with Crippen LogP contribution in [0.15, 0.2) is 0 Å². The highest BCUT2D eigenvalue weighted by Crippen LogP contribution is 2.45. The summed E-state index contributed by atoms with van der Waals surface area (Å²) in [6.45, 7) is 4.88. The molecule has 1 heteroatoms. The van der Waals surface area contributed by atoms with Crippen LogP contribution in [0.4, 0.5) is 0 Å². The second kappa shape index (κ2) is 4.33. The Morgan fingerprint density at radius 2 is 1.69 bits per heavy atom. The average Bonchev–Trinajstić information content (AvgIpc) is 2.84. The molecule has 6 unspecified atom stereocenters. The topological polar surface area (TPSA) is 12.0 Å². The summed E-state index contributed by atoms with van der Waals surface area (Å²) in [6.07, 6.45) is 10.4. The van der Waals surface area contributed by atoms with E-state index in [1.54, 1.807) is 0 Å². The van der Waals surface area contributed by atoms with Crippen molar-refractivity contribution in [3.8, 4) is 0 Å². The molecule has 3 rings (SSSR count). The number of rotatable bonds is 2. The lowest BCUT2D eigenvalue weighted by Gasteiger charge is -2.37.